The van der Waals surface area contributed by atoms with E-state index in [0.717, 1.165) is 38.7 Å². The van der Waals surface area contributed by atoms with Crippen molar-refractivity contribution in [1.82, 2.24) is 10.2 Å². The molecule has 1 aliphatic heterocycles. The van der Waals surface area contributed by atoms with E-state index in [1.54, 1.807) is 0 Å². The van der Waals surface area contributed by atoms with Crippen LogP contribution < -0.4 is 10.2 Å². The molecule has 0 spiro atoms. The van der Waals surface area contributed by atoms with E-state index < -0.39 is 0 Å². The van der Waals surface area contributed by atoms with E-state index in [1.807, 2.05) is 18.4 Å². The molecule has 0 saturated carbocycles. The molecule has 1 saturated heterocycles. The van der Waals surface area contributed by atoms with Crippen LogP contribution in [0.1, 0.15) is 17.0 Å². The molecule has 1 unspecified atom stereocenters. The third-order valence-electron chi connectivity index (χ3n) is 5.08. The quantitative estimate of drug-likeness (QED) is 0.426. The first-order valence-corrected chi connectivity index (χ1v) is 9.55. The lowest BCUT2D eigenvalue weighted by Gasteiger charge is -2.38. The number of guanidine groups is 1. The molecule has 0 bridgehead atoms. The lowest BCUT2D eigenvalue weighted by molar-refractivity contribution is 0.371. The van der Waals surface area contributed by atoms with Gasteiger partial charge in [-0.15, -0.1) is 35.3 Å². The summed E-state index contributed by atoms with van der Waals surface area (Å²) < 4.78 is 0. The second kappa shape index (κ2) is 8.40. The number of aliphatic imine (C=N–C) groups is 1. The maximum Gasteiger partial charge on any atom is 0.193 e. The molecule has 6 heteroatoms. The average molecular weight is 468 g/mol. The average Bonchev–Trinajstić information content (AvgIpc) is 3.14. The summed E-state index contributed by atoms with van der Waals surface area (Å²) in [4.78, 5) is 9.35. The second-order valence-corrected chi connectivity index (χ2v) is 7.38. The topological polar surface area (TPSA) is 30.9 Å². The number of benzene rings is 1. The number of halogens is 1. The largest absolute Gasteiger partial charge is 0.360 e. The lowest BCUT2D eigenvalue weighted by Crippen LogP contribution is -2.53. The molecule has 4 rings (SSSR count). The highest BCUT2D eigenvalue weighted by atomic mass is 127. The van der Waals surface area contributed by atoms with Crippen LogP contribution in [0.4, 0.5) is 5.00 Å². The molecule has 2 heterocycles. The molecule has 1 atom stereocenters. The molecule has 0 amide bonds. The molecule has 134 valence electrons. The molecule has 1 fully saturated rings. The Labute approximate surface area is 171 Å². The Hall–Kier alpha value is -1.28. The van der Waals surface area contributed by atoms with Gasteiger partial charge in [0, 0.05) is 45.7 Å². The Kier molecular flexibility index (Phi) is 6.22. The first-order chi connectivity index (χ1) is 11.8. The Morgan fingerprint density at radius 2 is 1.96 bits per heavy atom. The number of fused-ring (bicyclic) bond motifs is 1. The van der Waals surface area contributed by atoms with Gasteiger partial charge in [-0.2, -0.15) is 0 Å². The van der Waals surface area contributed by atoms with Crippen LogP contribution in [0.3, 0.4) is 0 Å². The molecule has 25 heavy (non-hydrogen) atoms. The number of nitrogens with one attached hydrogen (secondary N) is 1. The summed E-state index contributed by atoms with van der Waals surface area (Å²) in [6.45, 7) is 5.16. The zero-order valence-electron chi connectivity index (χ0n) is 14.5. The molecule has 1 aromatic carbocycles. The Morgan fingerprint density at radius 3 is 2.64 bits per heavy atom. The zero-order valence-corrected chi connectivity index (χ0v) is 17.7. The smallest absolute Gasteiger partial charge is 0.193 e. The first kappa shape index (κ1) is 18.5. The highest BCUT2D eigenvalue weighted by Gasteiger charge is 2.26. The summed E-state index contributed by atoms with van der Waals surface area (Å²) in [5.74, 6) is 1.68. The standard InChI is InChI=1S/C19H24N4S.HI/c1-20-19(21-14-16-13-15-5-2-3-6-17(15)16)23-10-8-22(9-11-23)18-7-4-12-24-18;/h2-7,12,16H,8-11,13-14H2,1H3,(H,20,21);1H. The van der Waals surface area contributed by atoms with Crippen molar-refractivity contribution in [2.45, 2.75) is 12.3 Å². The van der Waals surface area contributed by atoms with Crippen molar-refractivity contribution < 1.29 is 0 Å². The maximum absolute atomic E-state index is 4.50. The molecular formula is C19H25IN4S. The molecule has 1 aromatic heterocycles. The molecule has 4 nitrogen and oxygen atoms in total. The number of thiophene rings is 1. The number of anilines is 1. The molecule has 1 aliphatic carbocycles. The van der Waals surface area contributed by atoms with E-state index in [1.165, 1.54) is 22.5 Å². The van der Waals surface area contributed by atoms with Crippen LogP contribution in [0.25, 0.3) is 0 Å². The summed E-state index contributed by atoms with van der Waals surface area (Å²) in [5.41, 5.74) is 3.01. The van der Waals surface area contributed by atoms with E-state index in [-0.39, 0.29) is 24.0 Å². The van der Waals surface area contributed by atoms with Crippen LogP contribution in [0.5, 0.6) is 0 Å². The van der Waals surface area contributed by atoms with Gasteiger partial charge in [0.15, 0.2) is 5.96 Å². The summed E-state index contributed by atoms with van der Waals surface area (Å²) >= 11 is 1.82. The van der Waals surface area contributed by atoms with Crippen LogP contribution in [0.2, 0.25) is 0 Å². The molecule has 1 N–H and O–H groups in total. The minimum absolute atomic E-state index is 0. The Balaban J connectivity index is 0.00000182. The number of nitrogens with zero attached hydrogens (tertiary/aromatic N) is 3. The van der Waals surface area contributed by atoms with Crippen molar-refractivity contribution >= 4 is 46.3 Å². The van der Waals surface area contributed by atoms with Crippen molar-refractivity contribution in [3.8, 4) is 0 Å². The van der Waals surface area contributed by atoms with E-state index in [4.69, 9.17) is 0 Å². The summed E-state index contributed by atoms with van der Waals surface area (Å²) in [6, 6.07) is 13.1. The van der Waals surface area contributed by atoms with E-state index in [9.17, 15) is 0 Å². The number of rotatable bonds is 3. The highest BCUT2D eigenvalue weighted by molar-refractivity contribution is 14.0. The Morgan fingerprint density at radius 1 is 1.16 bits per heavy atom. The third kappa shape index (κ3) is 3.95. The minimum Gasteiger partial charge on any atom is -0.360 e. The number of piperazine rings is 1. The summed E-state index contributed by atoms with van der Waals surface area (Å²) in [7, 11) is 1.89. The molecular weight excluding hydrogens is 443 g/mol. The van der Waals surface area contributed by atoms with Crippen molar-refractivity contribution in [2.24, 2.45) is 4.99 Å². The number of hydrogen-bond donors (Lipinski definition) is 1. The van der Waals surface area contributed by atoms with E-state index >= 15 is 0 Å². The lowest BCUT2D eigenvalue weighted by atomic mass is 9.78. The monoisotopic (exact) mass is 468 g/mol. The van der Waals surface area contributed by atoms with Crippen molar-refractivity contribution in [1.29, 1.82) is 0 Å². The predicted molar refractivity (Wildman–Crippen MR) is 118 cm³/mol. The van der Waals surface area contributed by atoms with Crippen molar-refractivity contribution in [3.63, 3.8) is 0 Å². The predicted octanol–water partition coefficient (Wildman–Crippen LogP) is 3.40. The van der Waals surface area contributed by atoms with Gasteiger partial charge in [-0.25, -0.2) is 0 Å². The van der Waals surface area contributed by atoms with Gasteiger partial charge in [0.25, 0.3) is 0 Å². The van der Waals surface area contributed by atoms with Gasteiger partial charge in [-0.1, -0.05) is 24.3 Å². The summed E-state index contributed by atoms with van der Waals surface area (Å²) in [5, 5.41) is 7.12. The second-order valence-electron chi connectivity index (χ2n) is 6.45. The van der Waals surface area contributed by atoms with Crippen molar-refractivity contribution in [3.05, 3.63) is 52.9 Å². The highest BCUT2D eigenvalue weighted by Crippen LogP contribution is 2.34. The summed E-state index contributed by atoms with van der Waals surface area (Å²) in [6.07, 6.45) is 1.19. The minimum atomic E-state index is 0. The van der Waals surface area contributed by atoms with Crippen LogP contribution >= 0.6 is 35.3 Å². The van der Waals surface area contributed by atoms with Crippen LogP contribution in [0, 0.1) is 0 Å². The maximum atomic E-state index is 4.50. The van der Waals surface area contributed by atoms with Gasteiger partial charge in [0.05, 0.1) is 5.00 Å². The number of hydrogen-bond acceptors (Lipinski definition) is 3. The van der Waals surface area contributed by atoms with E-state index in [0.29, 0.717) is 5.92 Å². The van der Waals surface area contributed by atoms with Gasteiger partial charge in [0.2, 0.25) is 0 Å². The fraction of sp³-hybridized carbons (Fsp3) is 0.421. The van der Waals surface area contributed by atoms with Crippen molar-refractivity contribution in [2.75, 3.05) is 44.7 Å². The van der Waals surface area contributed by atoms with Gasteiger partial charge in [-0.3, -0.25) is 4.99 Å². The van der Waals surface area contributed by atoms with Crippen LogP contribution in [-0.4, -0.2) is 50.6 Å². The zero-order chi connectivity index (χ0) is 16.4. The molecule has 0 radical (unpaired) electrons. The Bertz CT molecular complexity index is 708. The molecule has 2 aromatic rings. The SMILES string of the molecule is CN=C(NCC1Cc2ccccc21)N1CCN(c2cccs2)CC1.I. The van der Waals surface area contributed by atoms with Crippen LogP contribution in [-0.2, 0) is 6.42 Å². The third-order valence-corrected chi connectivity index (χ3v) is 6.01. The fourth-order valence-corrected chi connectivity index (χ4v) is 4.47. The molecule has 2 aliphatic rings. The fourth-order valence-electron chi connectivity index (χ4n) is 3.68. The van der Waals surface area contributed by atoms with Gasteiger partial charge in [0.1, 0.15) is 0 Å². The van der Waals surface area contributed by atoms with Crippen LogP contribution in [0.15, 0.2) is 46.8 Å². The first-order valence-electron chi connectivity index (χ1n) is 8.67. The van der Waals surface area contributed by atoms with Gasteiger partial charge >= 0.3 is 0 Å². The van der Waals surface area contributed by atoms with Gasteiger partial charge < -0.3 is 15.1 Å². The normalized spacial score (nSPS) is 19.7. The van der Waals surface area contributed by atoms with Gasteiger partial charge in [-0.05, 0) is 35.1 Å². The van der Waals surface area contributed by atoms with E-state index in [2.05, 4.69) is 61.9 Å².